The first-order chi connectivity index (χ1) is 13.9. The minimum Gasteiger partial charge on any atom is -0.466 e. The fourth-order valence-electron chi connectivity index (χ4n) is 6.16. The lowest BCUT2D eigenvalue weighted by Gasteiger charge is -2.52. The summed E-state index contributed by atoms with van der Waals surface area (Å²) in [6.45, 7) is 8.81. The summed E-state index contributed by atoms with van der Waals surface area (Å²) < 4.78 is 10.9. The van der Waals surface area contributed by atoms with Crippen LogP contribution >= 0.6 is 0 Å². The van der Waals surface area contributed by atoms with E-state index in [1.807, 2.05) is 6.92 Å². The molecule has 0 aromatic rings. The summed E-state index contributed by atoms with van der Waals surface area (Å²) in [6.07, 6.45) is 5.91. The number of aliphatic hydroxyl groups excluding tert-OH is 1. The zero-order valence-corrected chi connectivity index (χ0v) is 17.9. The Morgan fingerprint density at radius 2 is 2.07 bits per heavy atom. The number of carbonyl (C=O) groups is 2. The van der Waals surface area contributed by atoms with E-state index in [1.165, 1.54) is 5.57 Å². The van der Waals surface area contributed by atoms with Crippen LogP contribution in [0.5, 0.6) is 0 Å². The second-order valence-electron chi connectivity index (χ2n) is 9.63. The van der Waals surface area contributed by atoms with Crippen molar-refractivity contribution in [2.24, 2.45) is 29.1 Å². The maximum absolute atomic E-state index is 12.8. The van der Waals surface area contributed by atoms with Gasteiger partial charge in [-0.3, -0.25) is 9.59 Å². The molecule has 0 spiro atoms. The van der Waals surface area contributed by atoms with Gasteiger partial charge in [0, 0.05) is 24.3 Å². The monoisotopic (exact) mass is 405 g/mol. The Bertz CT molecular complexity index is 683. The number of fused-ring (bicyclic) bond motifs is 2. The number of hydrogen-bond donors (Lipinski definition) is 1. The molecule has 0 radical (unpaired) electrons. The number of esters is 2. The van der Waals surface area contributed by atoms with Crippen molar-refractivity contribution in [2.75, 3.05) is 26.2 Å². The summed E-state index contributed by atoms with van der Waals surface area (Å²) >= 11 is 0. The van der Waals surface area contributed by atoms with Crippen LogP contribution in [0.25, 0.3) is 0 Å². The third-order valence-corrected chi connectivity index (χ3v) is 8.23. The molecule has 0 amide bonds. The number of ether oxygens (including phenoxy) is 2. The minimum absolute atomic E-state index is 0.0376. The number of allylic oxidation sites excluding steroid dienone is 1. The van der Waals surface area contributed by atoms with Crippen molar-refractivity contribution in [2.45, 2.75) is 65.1 Å². The minimum atomic E-state index is -0.559. The lowest BCUT2D eigenvalue weighted by atomic mass is 9.55. The number of rotatable bonds is 4. The fraction of sp³-hybridized carbons (Fsp3) is 0.826. The number of carbonyl (C=O) groups excluding carboxylic acids is 2. The van der Waals surface area contributed by atoms with Crippen molar-refractivity contribution in [1.82, 2.24) is 4.90 Å². The van der Waals surface area contributed by atoms with Crippen LogP contribution in [0.4, 0.5) is 0 Å². The molecule has 0 aromatic heterocycles. The third kappa shape index (κ3) is 3.52. The molecule has 2 heterocycles. The molecule has 2 aliphatic carbocycles. The van der Waals surface area contributed by atoms with Gasteiger partial charge < -0.3 is 19.5 Å². The Morgan fingerprint density at radius 3 is 2.76 bits per heavy atom. The summed E-state index contributed by atoms with van der Waals surface area (Å²) in [4.78, 5) is 27.0. The summed E-state index contributed by atoms with van der Waals surface area (Å²) in [5.74, 6) is -0.343. The number of hydrogen-bond acceptors (Lipinski definition) is 6. The highest BCUT2D eigenvalue weighted by Crippen LogP contribution is 2.56. The molecule has 6 atom stereocenters. The second-order valence-corrected chi connectivity index (χ2v) is 9.63. The molecule has 3 fully saturated rings. The molecule has 4 aliphatic rings. The van der Waals surface area contributed by atoms with E-state index in [0.717, 1.165) is 45.2 Å². The predicted octanol–water partition coefficient (Wildman–Crippen LogP) is 2.55. The average Bonchev–Trinajstić information content (AvgIpc) is 3.00. The van der Waals surface area contributed by atoms with Gasteiger partial charge in [-0.15, -0.1) is 0 Å². The van der Waals surface area contributed by atoms with Gasteiger partial charge in [0.25, 0.3) is 0 Å². The van der Waals surface area contributed by atoms with E-state index in [-0.39, 0.29) is 41.2 Å². The van der Waals surface area contributed by atoms with Gasteiger partial charge in [-0.05, 0) is 51.6 Å². The van der Waals surface area contributed by atoms with Gasteiger partial charge in [0.1, 0.15) is 6.10 Å². The van der Waals surface area contributed by atoms with Gasteiger partial charge in [-0.1, -0.05) is 25.5 Å². The molecule has 2 saturated heterocycles. The largest absolute Gasteiger partial charge is 0.466 e. The zero-order chi connectivity index (χ0) is 20.8. The van der Waals surface area contributed by atoms with Gasteiger partial charge in [-0.25, -0.2) is 0 Å². The van der Waals surface area contributed by atoms with Crippen molar-refractivity contribution in [1.29, 1.82) is 0 Å². The standard InChI is InChI=1S/C23H35NO5/c1-4-28-21(26)15-8-10-24(11-9-15)13-17-19-18(29-22(17)27)12-16-7-5-6-14(2)23(16,3)20(19)25/h7,14-15,17-20,25H,4-6,8-13H2,1-3H3/t14-,17+,18+,19-,20-,23+/m1/s1. The van der Waals surface area contributed by atoms with Crippen molar-refractivity contribution < 1.29 is 24.2 Å². The normalized spacial score (nSPS) is 40.6. The molecule has 6 heteroatoms. The first kappa shape index (κ1) is 20.9. The molecular formula is C23H35NO5. The first-order valence-corrected chi connectivity index (χ1v) is 11.3. The quantitative estimate of drug-likeness (QED) is 0.572. The van der Waals surface area contributed by atoms with Crippen LogP contribution in [-0.2, 0) is 19.1 Å². The second kappa shape index (κ2) is 8.03. The Kier molecular flexibility index (Phi) is 5.77. The molecule has 1 saturated carbocycles. The van der Waals surface area contributed by atoms with Crippen LogP contribution in [0.2, 0.25) is 0 Å². The molecule has 2 aliphatic heterocycles. The topological polar surface area (TPSA) is 76.1 Å². The lowest BCUT2D eigenvalue weighted by molar-refractivity contribution is -0.150. The van der Waals surface area contributed by atoms with Gasteiger partial charge in [0.2, 0.25) is 0 Å². The highest BCUT2D eigenvalue weighted by atomic mass is 16.6. The van der Waals surface area contributed by atoms with Crippen molar-refractivity contribution >= 4 is 11.9 Å². The van der Waals surface area contributed by atoms with E-state index in [0.29, 0.717) is 19.1 Å². The molecule has 6 nitrogen and oxygen atoms in total. The van der Waals surface area contributed by atoms with E-state index in [2.05, 4.69) is 24.8 Å². The molecule has 4 rings (SSSR count). The van der Waals surface area contributed by atoms with Crippen LogP contribution in [0, 0.1) is 29.1 Å². The SMILES string of the molecule is CCOC(=O)C1CCN(C[C@@H]2C(=O)O[C@H]3CC4=CCC[C@@H](C)[C@]4(C)[C@H](O)[C@@H]32)CC1. The van der Waals surface area contributed by atoms with Crippen LogP contribution in [0.3, 0.4) is 0 Å². The van der Waals surface area contributed by atoms with Crippen molar-refractivity contribution in [3.8, 4) is 0 Å². The van der Waals surface area contributed by atoms with E-state index in [4.69, 9.17) is 9.47 Å². The summed E-state index contributed by atoms with van der Waals surface area (Å²) in [6, 6.07) is 0. The molecule has 29 heavy (non-hydrogen) atoms. The van der Waals surface area contributed by atoms with Crippen LogP contribution in [-0.4, -0.2) is 60.4 Å². The van der Waals surface area contributed by atoms with Crippen LogP contribution in [0.1, 0.15) is 52.9 Å². The third-order valence-electron chi connectivity index (χ3n) is 8.23. The molecule has 0 aromatic carbocycles. The van der Waals surface area contributed by atoms with E-state index in [9.17, 15) is 14.7 Å². The van der Waals surface area contributed by atoms with E-state index < -0.39 is 6.10 Å². The van der Waals surface area contributed by atoms with Gasteiger partial charge in [0.15, 0.2) is 0 Å². The van der Waals surface area contributed by atoms with Gasteiger partial charge >= 0.3 is 11.9 Å². The highest BCUT2D eigenvalue weighted by molar-refractivity contribution is 5.76. The average molecular weight is 406 g/mol. The lowest BCUT2D eigenvalue weighted by Crippen LogP contribution is -2.55. The zero-order valence-electron chi connectivity index (χ0n) is 17.9. The number of piperidine rings is 1. The smallest absolute Gasteiger partial charge is 0.311 e. The summed E-state index contributed by atoms with van der Waals surface area (Å²) in [7, 11) is 0. The number of likely N-dealkylation sites (tertiary alicyclic amines) is 1. The molecule has 0 unspecified atom stereocenters. The van der Waals surface area contributed by atoms with Crippen LogP contribution < -0.4 is 0 Å². The fourth-order valence-corrected chi connectivity index (χ4v) is 6.16. The van der Waals surface area contributed by atoms with E-state index in [1.54, 1.807) is 0 Å². The Hall–Kier alpha value is -1.40. The first-order valence-electron chi connectivity index (χ1n) is 11.3. The Morgan fingerprint density at radius 1 is 1.34 bits per heavy atom. The van der Waals surface area contributed by atoms with Gasteiger partial charge in [0.05, 0.1) is 24.5 Å². The molecule has 0 bridgehead atoms. The Labute approximate surface area is 173 Å². The highest BCUT2D eigenvalue weighted by Gasteiger charge is 2.59. The van der Waals surface area contributed by atoms with E-state index >= 15 is 0 Å². The van der Waals surface area contributed by atoms with Crippen molar-refractivity contribution in [3.63, 3.8) is 0 Å². The number of nitrogens with zero attached hydrogens (tertiary/aromatic N) is 1. The maximum atomic E-state index is 12.8. The number of aliphatic hydroxyl groups is 1. The Balaban J connectivity index is 1.44. The predicted molar refractivity (Wildman–Crippen MR) is 108 cm³/mol. The summed E-state index contributed by atoms with van der Waals surface area (Å²) in [5.41, 5.74) is 1.01. The summed E-state index contributed by atoms with van der Waals surface area (Å²) in [5, 5.41) is 11.4. The molecular weight excluding hydrogens is 370 g/mol. The molecule has 1 N–H and O–H groups in total. The van der Waals surface area contributed by atoms with Crippen LogP contribution in [0.15, 0.2) is 11.6 Å². The maximum Gasteiger partial charge on any atom is 0.311 e. The molecule has 162 valence electrons. The van der Waals surface area contributed by atoms with Crippen molar-refractivity contribution in [3.05, 3.63) is 11.6 Å². The van der Waals surface area contributed by atoms with Gasteiger partial charge in [-0.2, -0.15) is 0 Å².